The molecule has 1 saturated carbocycles. The van der Waals surface area contributed by atoms with Crippen molar-refractivity contribution in [1.82, 2.24) is 4.90 Å². The molecule has 5 nitrogen and oxygen atoms in total. The van der Waals surface area contributed by atoms with Crippen LogP contribution in [0.25, 0.3) is 0 Å². The van der Waals surface area contributed by atoms with Crippen molar-refractivity contribution in [2.24, 2.45) is 0 Å². The van der Waals surface area contributed by atoms with E-state index in [1.165, 1.54) is 18.5 Å². The normalized spacial score (nSPS) is 17.4. The lowest BCUT2D eigenvalue weighted by Gasteiger charge is -2.40. The van der Waals surface area contributed by atoms with Gasteiger partial charge >= 0.3 is 0 Å². The van der Waals surface area contributed by atoms with Crippen molar-refractivity contribution >= 4 is 11.6 Å². The van der Waals surface area contributed by atoms with Crippen LogP contribution >= 0.6 is 0 Å². The molecule has 0 radical (unpaired) electrons. The predicted molar refractivity (Wildman–Crippen MR) is 115 cm³/mol. The maximum Gasteiger partial charge on any atom is 0.222 e. The molecule has 5 heteroatoms. The topological polar surface area (TPSA) is 42.0 Å². The van der Waals surface area contributed by atoms with Crippen LogP contribution in [0.1, 0.15) is 37.7 Å². The molecule has 4 rings (SSSR count). The van der Waals surface area contributed by atoms with Gasteiger partial charge in [0.2, 0.25) is 5.91 Å². The third-order valence-electron chi connectivity index (χ3n) is 5.61. The van der Waals surface area contributed by atoms with E-state index >= 15 is 0 Å². The first-order valence-electron chi connectivity index (χ1n) is 10.5. The Hall–Kier alpha value is -2.69. The van der Waals surface area contributed by atoms with Crippen LogP contribution in [0.5, 0.6) is 11.5 Å². The molecule has 1 amide bonds. The molecule has 0 spiro atoms. The van der Waals surface area contributed by atoms with Crippen LogP contribution in [-0.4, -0.2) is 50.2 Å². The molecule has 154 valence electrons. The molecule has 1 saturated heterocycles. The minimum Gasteiger partial charge on any atom is -0.490 e. The van der Waals surface area contributed by atoms with Gasteiger partial charge in [-0.15, -0.1) is 0 Å². The molecule has 0 aromatic heterocycles. The van der Waals surface area contributed by atoms with Crippen molar-refractivity contribution in [3.8, 4) is 11.5 Å². The smallest absolute Gasteiger partial charge is 0.222 e. The first-order chi connectivity index (χ1) is 14.0. The van der Waals surface area contributed by atoms with Crippen LogP contribution in [-0.2, 0) is 4.79 Å². The average Bonchev–Trinajstić information content (AvgIpc) is 3.49. The van der Waals surface area contributed by atoms with Crippen LogP contribution in [0.4, 0.5) is 5.69 Å². The fourth-order valence-corrected chi connectivity index (χ4v) is 3.47. The highest BCUT2D eigenvalue weighted by Crippen LogP contribution is 2.30. The molecule has 0 bridgehead atoms. The van der Waals surface area contributed by atoms with E-state index in [9.17, 15) is 4.79 Å². The van der Waals surface area contributed by atoms with Gasteiger partial charge < -0.3 is 19.3 Å². The lowest BCUT2D eigenvalue weighted by atomic mass is 9.97. The maximum absolute atomic E-state index is 11.9. The average molecular weight is 395 g/mol. The molecular weight excluding hydrogens is 364 g/mol. The van der Waals surface area contributed by atoms with E-state index in [-0.39, 0.29) is 17.9 Å². The van der Waals surface area contributed by atoms with E-state index in [1.54, 1.807) is 19.0 Å². The Morgan fingerprint density at radius 3 is 2.07 bits per heavy atom. The molecule has 29 heavy (non-hydrogen) atoms. The zero-order chi connectivity index (χ0) is 20.4. The summed E-state index contributed by atoms with van der Waals surface area (Å²) < 4.78 is 11.9. The number of hydrogen-bond donors (Lipinski definition) is 0. The largest absolute Gasteiger partial charge is 0.490 e. The maximum atomic E-state index is 11.9. The van der Waals surface area contributed by atoms with Gasteiger partial charge in [-0.05, 0) is 60.7 Å². The lowest BCUT2D eigenvalue weighted by Crippen LogP contribution is -2.54. The summed E-state index contributed by atoms with van der Waals surface area (Å²) in [7, 11) is 3.59. The number of rotatable bonds is 8. The summed E-state index contributed by atoms with van der Waals surface area (Å²) in [5.41, 5.74) is 2.37. The Labute approximate surface area is 173 Å². The summed E-state index contributed by atoms with van der Waals surface area (Å²) in [5.74, 6) is 2.20. The second kappa shape index (κ2) is 8.36. The van der Waals surface area contributed by atoms with Crippen LogP contribution in [0, 0.1) is 0 Å². The summed E-state index contributed by atoms with van der Waals surface area (Å²) in [5, 5.41) is 0. The van der Waals surface area contributed by atoms with Gasteiger partial charge in [-0.25, -0.2) is 0 Å². The van der Waals surface area contributed by atoms with E-state index in [2.05, 4.69) is 48.2 Å². The monoisotopic (exact) mass is 394 g/mol. The highest BCUT2D eigenvalue weighted by molar-refractivity contribution is 5.76. The number of carbonyl (C=O) groups is 1. The van der Waals surface area contributed by atoms with Crippen LogP contribution in [0.2, 0.25) is 0 Å². The van der Waals surface area contributed by atoms with Crippen LogP contribution < -0.4 is 14.4 Å². The van der Waals surface area contributed by atoms with Crippen molar-refractivity contribution in [1.29, 1.82) is 0 Å². The molecule has 2 aromatic carbocycles. The third kappa shape index (κ3) is 5.03. The van der Waals surface area contributed by atoms with Gasteiger partial charge in [-0.3, -0.25) is 4.79 Å². The number of ether oxygens (including phenoxy) is 2. The highest BCUT2D eigenvalue weighted by Gasteiger charge is 2.29. The van der Waals surface area contributed by atoms with Crippen molar-refractivity contribution in [2.75, 3.05) is 32.1 Å². The van der Waals surface area contributed by atoms with Crippen molar-refractivity contribution in [2.45, 2.75) is 44.3 Å². The van der Waals surface area contributed by atoms with E-state index in [1.807, 2.05) is 12.1 Å². The number of benzene rings is 2. The SMILES string of the molecule is C[C@H](CC(=O)N(C)C)c1ccc(OC2CN(c3ccc(OC4CC4)cc3)C2)cc1. The minimum atomic E-state index is 0.152. The Balaban J connectivity index is 1.24. The van der Waals surface area contributed by atoms with Gasteiger partial charge in [0, 0.05) is 26.2 Å². The molecule has 0 N–H and O–H groups in total. The standard InChI is InChI=1S/C24H30N2O3/c1-17(14-24(27)25(2)3)18-4-8-20(9-5-18)29-23-15-26(16-23)19-6-10-21(11-7-19)28-22-12-13-22/h4-11,17,22-23H,12-16H2,1-3H3/t17-/m1/s1. The molecule has 1 aliphatic carbocycles. The number of nitrogens with zero attached hydrogens (tertiary/aromatic N) is 2. The molecule has 1 aliphatic heterocycles. The van der Waals surface area contributed by atoms with Crippen molar-refractivity contribution in [3.05, 3.63) is 54.1 Å². The Morgan fingerprint density at radius 1 is 0.966 bits per heavy atom. The second-order valence-corrected chi connectivity index (χ2v) is 8.42. The summed E-state index contributed by atoms with van der Waals surface area (Å²) >= 11 is 0. The van der Waals surface area contributed by atoms with Gasteiger partial charge in [-0.1, -0.05) is 19.1 Å². The summed E-state index contributed by atoms with van der Waals surface area (Å²) in [6.45, 7) is 3.86. The number of carbonyl (C=O) groups excluding carboxylic acids is 1. The highest BCUT2D eigenvalue weighted by atomic mass is 16.5. The Kier molecular flexibility index (Phi) is 5.65. The number of hydrogen-bond acceptors (Lipinski definition) is 4. The zero-order valence-corrected chi connectivity index (χ0v) is 17.5. The van der Waals surface area contributed by atoms with Gasteiger partial charge in [0.15, 0.2) is 0 Å². The molecule has 2 fully saturated rings. The molecule has 1 atom stereocenters. The van der Waals surface area contributed by atoms with Crippen molar-refractivity contribution < 1.29 is 14.3 Å². The Morgan fingerprint density at radius 2 is 1.52 bits per heavy atom. The van der Waals surface area contributed by atoms with E-state index in [0.29, 0.717) is 12.5 Å². The quantitative estimate of drug-likeness (QED) is 0.677. The van der Waals surface area contributed by atoms with Crippen LogP contribution in [0.15, 0.2) is 48.5 Å². The van der Waals surface area contributed by atoms with Crippen molar-refractivity contribution in [3.63, 3.8) is 0 Å². The number of amides is 1. The summed E-state index contributed by atoms with van der Waals surface area (Å²) in [6.07, 6.45) is 3.53. The minimum absolute atomic E-state index is 0.152. The zero-order valence-electron chi connectivity index (χ0n) is 17.5. The van der Waals surface area contributed by atoms with Gasteiger partial charge in [0.25, 0.3) is 0 Å². The fraction of sp³-hybridized carbons (Fsp3) is 0.458. The van der Waals surface area contributed by atoms with Gasteiger partial charge in [0.05, 0.1) is 19.2 Å². The van der Waals surface area contributed by atoms with Gasteiger partial charge in [-0.2, -0.15) is 0 Å². The lowest BCUT2D eigenvalue weighted by molar-refractivity contribution is -0.129. The van der Waals surface area contributed by atoms with Crippen LogP contribution in [0.3, 0.4) is 0 Å². The molecule has 2 aromatic rings. The molecule has 2 aliphatic rings. The van der Waals surface area contributed by atoms with E-state index < -0.39 is 0 Å². The Bertz CT molecular complexity index is 822. The van der Waals surface area contributed by atoms with Gasteiger partial charge in [0.1, 0.15) is 17.6 Å². The third-order valence-corrected chi connectivity index (χ3v) is 5.61. The molecular formula is C24H30N2O3. The summed E-state index contributed by atoms with van der Waals surface area (Å²) in [6, 6.07) is 16.5. The molecule has 0 unspecified atom stereocenters. The number of anilines is 1. The van der Waals surface area contributed by atoms with E-state index in [4.69, 9.17) is 9.47 Å². The van der Waals surface area contributed by atoms with E-state index in [0.717, 1.165) is 30.2 Å². The fourth-order valence-electron chi connectivity index (χ4n) is 3.47. The predicted octanol–water partition coefficient (Wildman–Crippen LogP) is 4.08. The first kappa shape index (κ1) is 19.6. The molecule has 1 heterocycles. The summed E-state index contributed by atoms with van der Waals surface area (Å²) in [4.78, 5) is 15.8. The second-order valence-electron chi connectivity index (χ2n) is 8.42. The first-order valence-corrected chi connectivity index (χ1v) is 10.5.